The minimum Gasteiger partial charge on any atom is -0.330 e. The van der Waals surface area contributed by atoms with Crippen LogP contribution in [0.2, 0.25) is 0 Å². The van der Waals surface area contributed by atoms with Gasteiger partial charge in [-0.05, 0) is 6.54 Å². The molecular weight excluding hydrogens is 222 g/mol. The quantitative estimate of drug-likeness (QED) is 0.686. The molecule has 0 spiro atoms. The molecule has 92 valence electrons. The van der Waals surface area contributed by atoms with E-state index in [0.717, 1.165) is 4.57 Å². The third-order valence-electron chi connectivity index (χ3n) is 2.94. The molecule has 0 aliphatic carbocycles. The van der Waals surface area contributed by atoms with Crippen LogP contribution in [0.3, 0.4) is 0 Å². The van der Waals surface area contributed by atoms with Gasteiger partial charge in [0, 0.05) is 27.6 Å². The molecule has 2 N–H and O–H groups in total. The van der Waals surface area contributed by atoms with Crippen molar-refractivity contribution in [1.82, 2.24) is 18.7 Å². The first kappa shape index (κ1) is 11.6. The summed E-state index contributed by atoms with van der Waals surface area (Å²) in [5, 5.41) is 0. The zero-order valence-corrected chi connectivity index (χ0v) is 10.1. The fraction of sp³-hybridized carbons (Fsp3) is 0.500. The van der Waals surface area contributed by atoms with E-state index in [1.54, 1.807) is 18.7 Å². The third-order valence-corrected chi connectivity index (χ3v) is 2.94. The lowest BCUT2D eigenvalue weighted by molar-refractivity contribution is 0.705. The zero-order chi connectivity index (χ0) is 12.7. The summed E-state index contributed by atoms with van der Waals surface area (Å²) in [6.07, 6.45) is 0.572. The highest BCUT2D eigenvalue weighted by molar-refractivity contribution is 5.70. The summed E-state index contributed by atoms with van der Waals surface area (Å²) >= 11 is 0. The summed E-state index contributed by atoms with van der Waals surface area (Å²) in [5.74, 6) is 0.709. The Kier molecular flexibility index (Phi) is 2.62. The number of aromatic nitrogens is 4. The Morgan fingerprint density at radius 3 is 2.35 bits per heavy atom. The van der Waals surface area contributed by atoms with Crippen LogP contribution in [0.4, 0.5) is 0 Å². The topological polar surface area (TPSA) is 87.8 Å². The average molecular weight is 237 g/mol. The number of rotatable bonds is 2. The highest BCUT2D eigenvalue weighted by Crippen LogP contribution is 2.08. The number of imidazole rings is 1. The van der Waals surface area contributed by atoms with Gasteiger partial charge in [0.05, 0.1) is 0 Å². The van der Waals surface area contributed by atoms with E-state index in [1.807, 2.05) is 0 Å². The summed E-state index contributed by atoms with van der Waals surface area (Å²) in [5.41, 5.74) is 5.61. The van der Waals surface area contributed by atoms with E-state index in [2.05, 4.69) is 4.98 Å². The molecule has 17 heavy (non-hydrogen) atoms. The normalized spacial score (nSPS) is 11.3. The van der Waals surface area contributed by atoms with E-state index >= 15 is 0 Å². The minimum absolute atomic E-state index is 0.332. The number of hydrogen-bond acceptors (Lipinski definition) is 4. The molecule has 0 aliphatic rings. The Balaban J connectivity index is 2.97. The molecule has 2 aromatic rings. The zero-order valence-electron chi connectivity index (χ0n) is 10.1. The minimum atomic E-state index is -0.375. The number of hydrogen-bond donors (Lipinski definition) is 1. The van der Waals surface area contributed by atoms with Gasteiger partial charge in [0.15, 0.2) is 11.2 Å². The van der Waals surface area contributed by atoms with Crippen molar-refractivity contribution in [3.63, 3.8) is 0 Å². The molecule has 0 amide bonds. The summed E-state index contributed by atoms with van der Waals surface area (Å²) in [6, 6.07) is 0. The van der Waals surface area contributed by atoms with Gasteiger partial charge in [-0.1, -0.05) is 0 Å². The molecule has 2 aromatic heterocycles. The first-order chi connectivity index (χ1) is 7.99. The number of aryl methyl sites for hydroxylation is 2. The second kappa shape index (κ2) is 3.85. The standard InChI is InChI=1S/C10H15N5O2/c1-13-6(4-5-11)12-8-7(13)9(16)15(3)10(17)14(8)2/h4-5,11H2,1-3H3. The van der Waals surface area contributed by atoms with Crippen molar-refractivity contribution >= 4 is 11.2 Å². The van der Waals surface area contributed by atoms with E-state index in [0.29, 0.717) is 30.0 Å². The molecule has 7 nitrogen and oxygen atoms in total. The molecule has 0 saturated heterocycles. The molecule has 0 unspecified atom stereocenters. The van der Waals surface area contributed by atoms with Crippen LogP contribution in [0.1, 0.15) is 5.82 Å². The molecule has 0 atom stereocenters. The predicted molar refractivity (Wildman–Crippen MR) is 64.0 cm³/mol. The lowest BCUT2D eigenvalue weighted by Crippen LogP contribution is -2.37. The van der Waals surface area contributed by atoms with E-state index < -0.39 is 0 Å². The monoisotopic (exact) mass is 237 g/mol. The third kappa shape index (κ3) is 1.50. The van der Waals surface area contributed by atoms with Crippen molar-refractivity contribution < 1.29 is 0 Å². The molecule has 0 aliphatic heterocycles. The second-order valence-corrected chi connectivity index (χ2v) is 4.00. The van der Waals surface area contributed by atoms with Gasteiger partial charge in [-0.2, -0.15) is 0 Å². The molecule has 0 bridgehead atoms. The molecule has 0 aromatic carbocycles. The predicted octanol–water partition coefficient (Wildman–Crippen LogP) is -1.53. The Hall–Kier alpha value is -1.89. The van der Waals surface area contributed by atoms with Gasteiger partial charge >= 0.3 is 5.69 Å². The number of fused-ring (bicyclic) bond motifs is 1. The Bertz CT molecular complexity index is 691. The lowest BCUT2D eigenvalue weighted by atomic mass is 10.4. The Labute approximate surface area is 97.1 Å². The highest BCUT2D eigenvalue weighted by Gasteiger charge is 2.15. The van der Waals surface area contributed by atoms with Gasteiger partial charge in [-0.15, -0.1) is 0 Å². The molecular formula is C10H15N5O2. The van der Waals surface area contributed by atoms with Crippen LogP contribution in [0.5, 0.6) is 0 Å². The van der Waals surface area contributed by atoms with Crippen molar-refractivity contribution in [2.45, 2.75) is 6.42 Å². The van der Waals surface area contributed by atoms with Gasteiger partial charge in [0.1, 0.15) is 5.82 Å². The van der Waals surface area contributed by atoms with Crippen LogP contribution in [0.15, 0.2) is 9.59 Å². The van der Waals surface area contributed by atoms with E-state index in [1.165, 1.54) is 11.6 Å². The van der Waals surface area contributed by atoms with Crippen LogP contribution >= 0.6 is 0 Å². The summed E-state index contributed by atoms with van der Waals surface area (Å²) in [4.78, 5) is 28.0. The Morgan fingerprint density at radius 1 is 1.12 bits per heavy atom. The van der Waals surface area contributed by atoms with Crippen LogP contribution in [0.25, 0.3) is 11.2 Å². The first-order valence-corrected chi connectivity index (χ1v) is 5.30. The molecule has 0 saturated carbocycles. The molecule has 2 heterocycles. The van der Waals surface area contributed by atoms with Gasteiger partial charge < -0.3 is 10.3 Å². The SMILES string of the molecule is Cn1c(=O)c2c(nc(CCN)n2C)n(C)c1=O. The molecule has 0 radical (unpaired) electrons. The average Bonchev–Trinajstić information content (AvgIpc) is 2.62. The van der Waals surface area contributed by atoms with Gasteiger partial charge in [-0.3, -0.25) is 13.9 Å². The largest absolute Gasteiger partial charge is 0.332 e. The van der Waals surface area contributed by atoms with Crippen molar-refractivity contribution in [2.75, 3.05) is 6.54 Å². The van der Waals surface area contributed by atoms with E-state index in [4.69, 9.17) is 5.73 Å². The second-order valence-electron chi connectivity index (χ2n) is 4.00. The number of nitrogens with two attached hydrogens (primary N) is 1. The van der Waals surface area contributed by atoms with Crippen molar-refractivity contribution in [2.24, 2.45) is 26.9 Å². The smallest absolute Gasteiger partial charge is 0.330 e. The van der Waals surface area contributed by atoms with Crippen LogP contribution < -0.4 is 17.0 Å². The van der Waals surface area contributed by atoms with Gasteiger partial charge in [0.2, 0.25) is 0 Å². The molecule has 7 heteroatoms. The van der Waals surface area contributed by atoms with Gasteiger partial charge in [-0.25, -0.2) is 9.78 Å². The highest BCUT2D eigenvalue weighted by atomic mass is 16.2. The first-order valence-electron chi connectivity index (χ1n) is 5.30. The maximum atomic E-state index is 12.0. The van der Waals surface area contributed by atoms with Crippen LogP contribution in [-0.4, -0.2) is 25.2 Å². The van der Waals surface area contributed by atoms with Crippen molar-refractivity contribution in [3.05, 3.63) is 26.7 Å². The Morgan fingerprint density at radius 2 is 1.76 bits per heavy atom. The summed E-state index contributed by atoms with van der Waals surface area (Å²) in [6.45, 7) is 0.450. The fourth-order valence-electron chi connectivity index (χ4n) is 1.92. The van der Waals surface area contributed by atoms with Crippen molar-refractivity contribution in [3.8, 4) is 0 Å². The van der Waals surface area contributed by atoms with E-state index in [-0.39, 0.29) is 11.2 Å². The lowest BCUT2D eigenvalue weighted by Gasteiger charge is -2.03. The molecule has 0 fully saturated rings. The molecule has 2 rings (SSSR count). The van der Waals surface area contributed by atoms with Crippen LogP contribution in [-0.2, 0) is 27.6 Å². The maximum absolute atomic E-state index is 12.0. The number of nitrogens with zero attached hydrogens (tertiary/aromatic N) is 4. The van der Waals surface area contributed by atoms with Crippen LogP contribution in [0, 0.1) is 0 Å². The van der Waals surface area contributed by atoms with Crippen molar-refractivity contribution in [1.29, 1.82) is 0 Å². The van der Waals surface area contributed by atoms with E-state index in [9.17, 15) is 9.59 Å². The summed E-state index contributed by atoms with van der Waals surface area (Å²) < 4.78 is 4.15. The fourth-order valence-corrected chi connectivity index (χ4v) is 1.92. The summed E-state index contributed by atoms with van der Waals surface area (Å²) in [7, 11) is 4.81. The maximum Gasteiger partial charge on any atom is 0.332 e. The van der Waals surface area contributed by atoms with Gasteiger partial charge in [0.25, 0.3) is 5.56 Å².